The van der Waals surface area contributed by atoms with Crippen LogP contribution in [0.3, 0.4) is 0 Å². The van der Waals surface area contributed by atoms with Crippen molar-refractivity contribution in [1.82, 2.24) is 9.29 Å². The van der Waals surface area contributed by atoms with Crippen LogP contribution in [0.4, 0.5) is 5.69 Å². The fourth-order valence-electron chi connectivity index (χ4n) is 4.42. The Morgan fingerprint density at radius 1 is 1.03 bits per heavy atom. The Hall–Kier alpha value is -3.07. The topological polar surface area (TPSA) is 87.7 Å². The molecule has 0 N–H and O–H groups in total. The Morgan fingerprint density at radius 3 is 2.23 bits per heavy atom. The van der Waals surface area contributed by atoms with E-state index in [0.29, 0.717) is 27.4 Å². The van der Waals surface area contributed by atoms with Gasteiger partial charge in [-0.3, -0.25) is 14.6 Å². The van der Waals surface area contributed by atoms with E-state index < -0.39 is 27.9 Å². The lowest BCUT2D eigenvalue weighted by atomic mass is 10.0. The molecule has 4 rings (SSSR count). The number of carbonyl (C=O) groups excluding carboxylic acids is 2. The molecule has 0 spiro atoms. The number of aryl methyl sites for hydroxylation is 2. The fraction of sp³-hybridized carbons (Fsp3) is 0.269. The third kappa shape index (κ3) is 4.61. The predicted octanol–water partition coefficient (Wildman–Crippen LogP) is 4.49. The van der Waals surface area contributed by atoms with E-state index in [1.165, 1.54) is 0 Å². The number of halogens is 1. The molecule has 2 amide bonds. The maximum atomic E-state index is 14.2. The highest BCUT2D eigenvalue weighted by Gasteiger charge is 2.47. The van der Waals surface area contributed by atoms with Crippen LogP contribution in [0.2, 0.25) is 5.02 Å². The number of rotatable bonds is 6. The van der Waals surface area contributed by atoms with Gasteiger partial charge in [0.25, 0.3) is 5.91 Å². The first-order valence-corrected chi connectivity index (χ1v) is 12.9. The van der Waals surface area contributed by atoms with Gasteiger partial charge in [0.1, 0.15) is 6.04 Å². The van der Waals surface area contributed by atoms with Gasteiger partial charge in [0.15, 0.2) is 0 Å². The number of amides is 2. The summed E-state index contributed by atoms with van der Waals surface area (Å²) in [5, 5.41) is 0.464. The molecule has 1 aliphatic rings. The average Bonchev–Trinajstić information content (AvgIpc) is 3.10. The summed E-state index contributed by atoms with van der Waals surface area (Å²) in [7, 11) is -4.17. The molecule has 1 saturated heterocycles. The zero-order valence-corrected chi connectivity index (χ0v) is 21.5. The van der Waals surface area contributed by atoms with Crippen LogP contribution in [0, 0.1) is 27.7 Å². The number of nitrogens with zero attached hydrogens (tertiary/aromatic N) is 3. The summed E-state index contributed by atoms with van der Waals surface area (Å²) in [5.74, 6) is -1.06. The zero-order chi connectivity index (χ0) is 25.5. The third-order valence-electron chi connectivity index (χ3n) is 6.48. The van der Waals surface area contributed by atoms with E-state index in [1.807, 2.05) is 19.9 Å². The van der Waals surface area contributed by atoms with Crippen LogP contribution in [-0.2, 0) is 26.2 Å². The van der Waals surface area contributed by atoms with Crippen molar-refractivity contribution in [2.24, 2.45) is 0 Å². The Labute approximate surface area is 210 Å². The van der Waals surface area contributed by atoms with Crippen molar-refractivity contribution in [3.05, 3.63) is 87.7 Å². The second-order valence-corrected chi connectivity index (χ2v) is 11.0. The number of hydrogen-bond donors (Lipinski definition) is 0. The van der Waals surface area contributed by atoms with Gasteiger partial charge in [-0.05, 0) is 85.8 Å². The quantitative estimate of drug-likeness (QED) is 0.455. The summed E-state index contributed by atoms with van der Waals surface area (Å²) in [5.41, 5.74) is 3.88. The monoisotopic (exact) mass is 511 g/mol. The molecule has 2 heterocycles. The van der Waals surface area contributed by atoms with Crippen LogP contribution in [0.1, 0.15) is 34.2 Å². The van der Waals surface area contributed by atoms with E-state index in [4.69, 9.17) is 11.6 Å². The molecule has 0 saturated carbocycles. The lowest BCUT2D eigenvalue weighted by Crippen LogP contribution is -2.45. The molecule has 3 aromatic rings. The second-order valence-electron chi connectivity index (χ2n) is 8.76. The SMILES string of the molecule is Cc1cc(C)c(C)c(S(=O)(=O)N(Cc2cccnc2)C2CC(=O)N(c3ccc(Cl)cc3)C2=O)c1C. The van der Waals surface area contributed by atoms with Gasteiger partial charge in [0.2, 0.25) is 15.9 Å². The van der Waals surface area contributed by atoms with E-state index in [0.717, 1.165) is 20.3 Å². The largest absolute Gasteiger partial charge is 0.274 e. The normalized spacial score (nSPS) is 16.4. The number of hydrogen-bond acceptors (Lipinski definition) is 5. The summed E-state index contributed by atoms with van der Waals surface area (Å²) in [4.78, 5) is 31.8. The highest BCUT2D eigenvalue weighted by molar-refractivity contribution is 7.89. The molecule has 0 bridgehead atoms. The summed E-state index contributed by atoms with van der Waals surface area (Å²) in [6.07, 6.45) is 2.89. The third-order valence-corrected chi connectivity index (χ3v) is 8.86. The zero-order valence-electron chi connectivity index (χ0n) is 19.9. The van der Waals surface area contributed by atoms with Gasteiger partial charge in [-0.15, -0.1) is 0 Å². The molecule has 9 heteroatoms. The maximum absolute atomic E-state index is 14.2. The molecule has 7 nitrogen and oxygen atoms in total. The minimum absolute atomic E-state index is 0.0970. The minimum Gasteiger partial charge on any atom is -0.274 e. The highest BCUT2D eigenvalue weighted by atomic mass is 35.5. The molecule has 2 aromatic carbocycles. The van der Waals surface area contributed by atoms with Crippen LogP contribution >= 0.6 is 11.6 Å². The van der Waals surface area contributed by atoms with Crippen molar-refractivity contribution in [1.29, 1.82) is 0 Å². The first-order valence-electron chi connectivity index (χ1n) is 11.1. The summed E-state index contributed by atoms with van der Waals surface area (Å²) < 4.78 is 29.6. The molecule has 0 radical (unpaired) electrons. The van der Waals surface area contributed by atoms with E-state index >= 15 is 0 Å². The summed E-state index contributed by atoms with van der Waals surface area (Å²) >= 11 is 5.96. The van der Waals surface area contributed by atoms with Crippen molar-refractivity contribution >= 4 is 39.1 Å². The smallest absolute Gasteiger partial charge is 0.252 e. The first kappa shape index (κ1) is 25.0. The number of benzene rings is 2. The number of anilines is 1. The molecular weight excluding hydrogens is 486 g/mol. The molecule has 1 aliphatic heterocycles. The van der Waals surface area contributed by atoms with Crippen molar-refractivity contribution < 1.29 is 18.0 Å². The Balaban J connectivity index is 1.84. The Bertz CT molecular complexity index is 1380. The number of carbonyl (C=O) groups is 2. The van der Waals surface area contributed by atoms with Crippen molar-refractivity contribution in [3.8, 4) is 0 Å². The number of sulfonamides is 1. The van der Waals surface area contributed by atoms with Gasteiger partial charge in [-0.1, -0.05) is 23.7 Å². The van der Waals surface area contributed by atoms with Gasteiger partial charge in [-0.25, -0.2) is 13.3 Å². The molecule has 182 valence electrons. The molecule has 35 heavy (non-hydrogen) atoms. The number of aromatic nitrogens is 1. The van der Waals surface area contributed by atoms with Crippen molar-refractivity contribution in [3.63, 3.8) is 0 Å². The standard InChI is InChI=1S/C26H26ClN3O4S/c1-16-12-17(2)19(4)25(18(16)3)35(33,34)29(15-20-6-5-11-28-14-20)23-13-24(31)30(26(23)32)22-9-7-21(27)8-10-22/h5-12,14,23H,13,15H2,1-4H3. The minimum atomic E-state index is -4.17. The molecular formula is C26H26ClN3O4S. The lowest BCUT2D eigenvalue weighted by molar-refractivity contribution is -0.122. The van der Waals surface area contributed by atoms with Crippen molar-refractivity contribution in [2.45, 2.75) is 51.6 Å². The molecule has 1 aromatic heterocycles. The second kappa shape index (κ2) is 9.53. The number of pyridine rings is 1. The van der Waals surface area contributed by atoms with Crippen LogP contribution in [0.5, 0.6) is 0 Å². The predicted molar refractivity (Wildman–Crippen MR) is 135 cm³/mol. The molecule has 1 fully saturated rings. The maximum Gasteiger partial charge on any atom is 0.252 e. The van der Waals surface area contributed by atoms with Gasteiger partial charge in [-0.2, -0.15) is 4.31 Å². The summed E-state index contributed by atoms with van der Waals surface area (Å²) in [6.45, 7) is 7.15. The van der Waals surface area contributed by atoms with Gasteiger partial charge in [0, 0.05) is 24.0 Å². The van der Waals surface area contributed by atoms with E-state index in [9.17, 15) is 18.0 Å². The first-order chi connectivity index (χ1) is 16.5. The van der Waals surface area contributed by atoms with Crippen LogP contribution in [0.15, 0.2) is 59.8 Å². The van der Waals surface area contributed by atoms with Gasteiger partial charge >= 0.3 is 0 Å². The Kier molecular flexibility index (Phi) is 6.81. The van der Waals surface area contributed by atoms with E-state index in [2.05, 4.69) is 4.98 Å². The van der Waals surface area contributed by atoms with Crippen LogP contribution in [0.25, 0.3) is 0 Å². The van der Waals surface area contributed by atoms with E-state index in [-0.39, 0.29) is 17.9 Å². The van der Waals surface area contributed by atoms with Gasteiger partial charge in [0.05, 0.1) is 17.0 Å². The van der Waals surface area contributed by atoms with E-state index in [1.54, 1.807) is 62.6 Å². The van der Waals surface area contributed by atoms with Crippen LogP contribution < -0.4 is 4.90 Å². The Morgan fingerprint density at radius 2 is 1.66 bits per heavy atom. The summed E-state index contributed by atoms with van der Waals surface area (Å²) in [6, 6.07) is 10.5. The number of imide groups is 1. The van der Waals surface area contributed by atoms with Crippen molar-refractivity contribution in [2.75, 3.05) is 4.90 Å². The molecule has 1 atom stereocenters. The highest BCUT2D eigenvalue weighted by Crippen LogP contribution is 2.34. The molecule has 1 unspecified atom stereocenters. The lowest BCUT2D eigenvalue weighted by Gasteiger charge is -2.29. The van der Waals surface area contributed by atoms with Crippen LogP contribution in [-0.4, -0.2) is 35.6 Å². The fourth-order valence-corrected chi connectivity index (χ4v) is 6.70. The molecule has 0 aliphatic carbocycles. The average molecular weight is 512 g/mol. The van der Waals surface area contributed by atoms with Gasteiger partial charge < -0.3 is 0 Å².